The van der Waals surface area contributed by atoms with E-state index in [0.717, 1.165) is 0 Å². The second-order valence-electron chi connectivity index (χ2n) is 9.45. The summed E-state index contributed by atoms with van der Waals surface area (Å²) in [5.74, 6) is -6.45. The summed E-state index contributed by atoms with van der Waals surface area (Å²) in [5, 5.41) is 16.9. The summed E-state index contributed by atoms with van der Waals surface area (Å²) in [6, 6.07) is 0. The van der Waals surface area contributed by atoms with E-state index in [2.05, 4.69) is 4.74 Å². The van der Waals surface area contributed by atoms with Crippen molar-refractivity contribution in [3.05, 3.63) is 0 Å². The zero-order chi connectivity index (χ0) is 38.7. The van der Waals surface area contributed by atoms with Gasteiger partial charge >= 0.3 is 31.5 Å². The minimum Gasteiger partial charge on any atom is -0.466 e. The average molecular weight is 836 g/mol. The van der Waals surface area contributed by atoms with Crippen molar-refractivity contribution in [3.63, 3.8) is 0 Å². The van der Waals surface area contributed by atoms with E-state index in [9.17, 15) is 32.9 Å². The van der Waals surface area contributed by atoms with Gasteiger partial charge in [0.05, 0.1) is 64.7 Å². The minimum atomic E-state index is -3.45. The summed E-state index contributed by atoms with van der Waals surface area (Å²) in [4.78, 5) is 44.4. The van der Waals surface area contributed by atoms with E-state index in [1.165, 1.54) is 26.9 Å². The molecule has 49 heavy (non-hydrogen) atoms. The van der Waals surface area contributed by atoms with Crippen LogP contribution < -0.4 is 0 Å². The number of rotatable bonds is 18. The van der Waals surface area contributed by atoms with Crippen molar-refractivity contribution in [1.82, 2.24) is 0 Å². The number of aliphatic hydroxyl groups is 2. The lowest BCUT2D eigenvalue weighted by molar-refractivity contribution is -0.152. The number of halogens is 3. The van der Waals surface area contributed by atoms with E-state index in [-0.39, 0.29) is 59.6 Å². The Morgan fingerprint density at radius 2 is 0.918 bits per heavy atom. The van der Waals surface area contributed by atoms with Crippen molar-refractivity contribution in [2.45, 2.75) is 62.0 Å². The van der Waals surface area contributed by atoms with Gasteiger partial charge in [0.25, 0.3) is 6.72 Å². The molecule has 0 aliphatic heterocycles. The highest BCUT2D eigenvalue weighted by Crippen LogP contribution is 2.52. The van der Waals surface area contributed by atoms with Crippen molar-refractivity contribution in [1.29, 1.82) is 0 Å². The Balaban J connectivity index is -0.000000192. The van der Waals surface area contributed by atoms with Gasteiger partial charge in [-0.15, -0.1) is 0 Å². The van der Waals surface area contributed by atoms with Gasteiger partial charge in [-0.1, -0.05) is 7.43 Å². The molecule has 0 spiro atoms. The largest absolute Gasteiger partial charge is 0.466 e. The van der Waals surface area contributed by atoms with Gasteiger partial charge in [-0.3, -0.25) is 32.6 Å². The first-order valence-corrected chi connectivity index (χ1v) is 23.5. The van der Waals surface area contributed by atoms with Crippen LogP contribution in [0.1, 0.15) is 55.9 Å². The van der Waals surface area contributed by atoms with Crippen LogP contribution in [-0.2, 0) is 65.4 Å². The van der Waals surface area contributed by atoms with Crippen molar-refractivity contribution in [2.24, 2.45) is 17.8 Å². The molecule has 5 unspecified atom stereocenters. The zero-order valence-corrected chi connectivity index (χ0v) is 34.0. The number of hydrogen-bond donors (Lipinski definition) is 2. The van der Waals surface area contributed by atoms with Crippen LogP contribution in [0, 0.1) is 17.8 Å². The van der Waals surface area contributed by atoms with Gasteiger partial charge in [-0.05, 0) is 82.2 Å². The Labute approximate surface area is 305 Å². The van der Waals surface area contributed by atoms with Gasteiger partial charge in [-0.25, -0.2) is 4.79 Å². The standard InChI is InChI=1S/C12H23O7P.C7H14ClO4P.C6H12O4.CH3Cl2OP.CH4/c1-6-16-11(13)9(3)8-18-20(5,15)19-10(4)12(14)17-7-2;1-4-11-7(9)6(2)5-12-13(3,8)10;1-2-10-6(9)5(3-7)4-8;1-5(2,3)4;/h9-10H,6-8H2,1-5H3;6H,4-5H2,1-3H3;5,7-8H,2-4H2,1H3;1H3;1H4. The predicted octanol–water partition coefficient (Wildman–Crippen LogP) is 6.33. The molecule has 0 bridgehead atoms. The van der Waals surface area contributed by atoms with Gasteiger partial charge in [0.2, 0.25) is 5.85 Å². The van der Waals surface area contributed by atoms with E-state index in [1.54, 1.807) is 41.5 Å². The Morgan fingerprint density at radius 3 is 1.22 bits per heavy atom. The van der Waals surface area contributed by atoms with Crippen LogP contribution in [0.5, 0.6) is 0 Å². The highest BCUT2D eigenvalue weighted by Gasteiger charge is 2.28. The number of esters is 4. The van der Waals surface area contributed by atoms with Gasteiger partial charge in [-0.2, -0.15) is 0 Å². The van der Waals surface area contributed by atoms with E-state index < -0.39 is 61.9 Å². The van der Waals surface area contributed by atoms with Crippen LogP contribution in [0.2, 0.25) is 0 Å². The van der Waals surface area contributed by atoms with E-state index in [1.807, 2.05) is 0 Å². The summed E-state index contributed by atoms with van der Waals surface area (Å²) in [6.45, 7) is 12.4. The monoisotopic (exact) mass is 834 g/mol. The highest BCUT2D eigenvalue weighted by atomic mass is 35.9. The third kappa shape index (κ3) is 41.5. The maximum atomic E-state index is 12.0. The average Bonchev–Trinajstić information content (AvgIpc) is 2.95. The van der Waals surface area contributed by atoms with Crippen LogP contribution in [0.4, 0.5) is 0 Å². The van der Waals surface area contributed by atoms with E-state index in [0.29, 0.717) is 6.61 Å². The zero-order valence-electron chi connectivity index (χ0n) is 29.1. The molecule has 0 saturated heterocycles. The van der Waals surface area contributed by atoms with Crippen LogP contribution in [0.3, 0.4) is 0 Å². The summed E-state index contributed by atoms with van der Waals surface area (Å²) in [6.07, 6.45) is -0.997. The maximum Gasteiger partial charge on any atom is 0.335 e. The first kappa shape index (κ1) is 57.6. The van der Waals surface area contributed by atoms with E-state index in [4.69, 9.17) is 71.7 Å². The molecule has 5 atom stereocenters. The first-order valence-electron chi connectivity index (χ1n) is 14.5. The van der Waals surface area contributed by atoms with Crippen molar-refractivity contribution in [2.75, 3.05) is 72.8 Å². The molecule has 22 heteroatoms. The second-order valence-corrected chi connectivity index (χ2v) is 20.9. The Morgan fingerprint density at radius 1 is 0.612 bits per heavy atom. The van der Waals surface area contributed by atoms with Gasteiger partial charge < -0.3 is 38.2 Å². The van der Waals surface area contributed by atoms with Crippen LogP contribution >= 0.6 is 53.9 Å². The van der Waals surface area contributed by atoms with Gasteiger partial charge in [0, 0.05) is 20.0 Å². The molecule has 0 aliphatic carbocycles. The smallest absolute Gasteiger partial charge is 0.335 e. The summed E-state index contributed by atoms with van der Waals surface area (Å²) in [5.41, 5.74) is 0. The molecule has 0 rings (SSSR count). The SMILES string of the molecule is C.CCOC(=O)C(C)COP(C)(=O)Cl.CCOC(=O)C(C)COP(C)(=O)OC(C)C(=O)OCC.CCOC(=O)C(CO)CO.CP(=O)(Cl)Cl. The molecule has 0 aromatic heterocycles. The summed E-state index contributed by atoms with van der Waals surface area (Å²) < 4.78 is 66.3. The molecule has 0 saturated carbocycles. The molecular weight excluding hydrogens is 780 g/mol. The normalized spacial score (nSPS) is 14.8. The first-order chi connectivity index (χ1) is 21.9. The topological polar surface area (TPSA) is 225 Å². The Hall–Kier alpha value is -0.760. The fraction of sp³-hybridized carbons (Fsp3) is 0.852. The minimum absolute atomic E-state index is 0. The molecule has 0 fully saturated rings. The van der Waals surface area contributed by atoms with Crippen LogP contribution in [-0.4, -0.2) is 113 Å². The molecule has 0 aromatic rings. The summed E-state index contributed by atoms with van der Waals surface area (Å²) >= 11 is 15.0. The highest BCUT2D eigenvalue weighted by molar-refractivity contribution is 8.08. The Kier molecular flexibility index (Phi) is 37.5. The molecule has 0 radical (unpaired) electrons. The van der Waals surface area contributed by atoms with Crippen molar-refractivity contribution < 1.29 is 75.6 Å². The fourth-order valence-corrected chi connectivity index (χ4v) is 4.16. The lowest BCUT2D eigenvalue weighted by atomic mass is 10.2. The molecule has 0 amide bonds. The molecule has 296 valence electrons. The van der Waals surface area contributed by atoms with E-state index >= 15 is 0 Å². The molecule has 2 N–H and O–H groups in total. The third-order valence-electron chi connectivity index (χ3n) is 4.52. The lowest BCUT2D eigenvalue weighted by Crippen LogP contribution is -2.24. The van der Waals surface area contributed by atoms with Crippen molar-refractivity contribution in [3.8, 4) is 0 Å². The number of carbonyl (C=O) groups is 4. The maximum absolute atomic E-state index is 12.0. The Bertz CT molecular complexity index is 1040. The quantitative estimate of drug-likeness (QED) is 0.0874. The third-order valence-corrected chi connectivity index (χ3v) is 6.74. The molecule has 0 heterocycles. The fourth-order valence-electron chi connectivity index (χ4n) is 2.28. The lowest BCUT2D eigenvalue weighted by Gasteiger charge is -2.19. The number of carbonyl (C=O) groups excluding carboxylic acids is 4. The van der Waals surface area contributed by atoms with Crippen molar-refractivity contribution >= 4 is 77.8 Å². The molecule has 16 nitrogen and oxygen atoms in total. The number of ether oxygens (including phenoxy) is 4. The summed E-state index contributed by atoms with van der Waals surface area (Å²) in [7, 11) is -3.45. The second kappa shape index (κ2) is 31.9. The predicted molar refractivity (Wildman–Crippen MR) is 190 cm³/mol. The van der Waals surface area contributed by atoms with Crippen LogP contribution in [0.15, 0.2) is 0 Å². The van der Waals surface area contributed by atoms with Gasteiger partial charge in [0.1, 0.15) is 5.92 Å². The van der Waals surface area contributed by atoms with Gasteiger partial charge in [0.15, 0.2) is 6.10 Å². The number of aliphatic hydroxyl groups excluding tert-OH is 2. The number of hydrogen-bond acceptors (Lipinski definition) is 16. The molecule has 0 aromatic carbocycles. The molecular formula is C27H56Cl3O16P3. The molecule has 0 aliphatic rings. The van der Waals surface area contributed by atoms with Crippen LogP contribution in [0.25, 0.3) is 0 Å².